The van der Waals surface area contributed by atoms with Crippen molar-refractivity contribution in [3.8, 4) is 0 Å². The molecule has 0 aliphatic heterocycles. The molecule has 0 aromatic carbocycles. The van der Waals surface area contributed by atoms with E-state index in [1.54, 1.807) is 0 Å². The number of hydrogen-bond donors (Lipinski definition) is 2. The maximum atomic E-state index is 11.8. The van der Waals surface area contributed by atoms with Crippen LogP contribution in [-0.2, 0) is 11.2 Å². The zero-order chi connectivity index (χ0) is 13.7. The van der Waals surface area contributed by atoms with Crippen LogP contribution in [0.1, 0.15) is 43.1 Å². The van der Waals surface area contributed by atoms with Crippen LogP contribution in [0.4, 0.5) is 0 Å². The van der Waals surface area contributed by atoms with Crippen molar-refractivity contribution in [2.75, 3.05) is 0 Å². The molecule has 0 aliphatic carbocycles. The molecule has 6 nitrogen and oxygen atoms in total. The third-order valence-electron chi connectivity index (χ3n) is 1.96. The molecule has 1 aromatic rings. The summed E-state index contributed by atoms with van der Waals surface area (Å²) < 4.78 is 3.73. The summed E-state index contributed by atoms with van der Waals surface area (Å²) in [5.74, 6) is -0.386. The first-order valence-corrected chi connectivity index (χ1v) is 6.59. The molecule has 0 atom stereocenters. The topological polar surface area (TPSA) is 84.0 Å². The van der Waals surface area contributed by atoms with Gasteiger partial charge in [-0.05, 0) is 39.2 Å². The van der Waals surface area contributed by atoms with Crippen LogP contribution in [0.3, 0.4) is 0 Å². The molecule has 1 rings (SSSR count). The Morgan fingerprint density at radius 3 is 2.33 bits per heavy atom. The molecule has 0 spiro atoms. The van der Waals surface area contributed by atoms with Crippen LogP contribution in [0, 0.1) is 0 Å². The lowest BCUT2D eigenvalue weighted by Crippen LogP contribution is -2.33. The normalized spacial score (nSPS) is 10.8. The zero-order valence-corrected chi connectivity index (χ0v) is 11.8. The van der Waals surface area contributed by atoms with Crippen LogP contribution in [0.2, 0.25) is 0 Å². The van der Waals surface area contributed by atoms with E-state index in [4.69, 9.17) is 0 Å². The van der Waals surface area contributed by atoms with Crippen LogP contribution in [0.15, 0.2) is 0 Å². The highest BCUT2D eigenvalue weighted by molar-refractivity contribution is 7.08. The Kier molecular flexibility index (Phi) is 5.21. The number of carbonyl (C=O) groups excluding carboxylic acids is 2. The molecule has 2 N–H and O–H groups in total. The number of rotatable bonds is 5. The minimum Gasteiger partial charge on any atom is -0.354 e. The molecule has 1 heterocycles. The van der Waals surface area contributed by atoms with Gasteiger partial charge in [0.1, 0.15) is 4.88 Å². The van der Waals surface area contributed by atoms with Gasteiger partial charge in [-0.2, -0.15) is 0 Å². The highest BCUT2D eigenvalue weighted by Crippen LogP contribution is 2.11. The van der Waals surface area contributed by atoms with E-state index in [0.29, 0.717) is 10.6 Å². The van der Waals surface area contributed by atoms with E-state index in [-0.39, 0.29) is 30.3 Å². The second-order valence-corrected chi connectivity index (χ2v) is 5.33. The molecule has 100 valence electrons. The van der Waals surface area contributed by atoms with Crippen LogP contribution in [0.25, 0.3) is 0 Å². The number of carbonyl (C=O) groups is 2. The van der Waals surface area contributed by atoms with Crippen molar-refractivity contribution in [1.29, 1.82) is 0 Å². The first-order chi connectivity index (χ1) is 8.40. The van der Waals surface area contributed by atoms with Crippen molar-refractivity contribution in [3.05, 3.63) is 10.6 Å². The smallest absolute Gasteiger partial charge is 0.265 e. The minimum absolute atomic E-state index is 0.0388. The number of nitrogens with one attached hydrogen (secondary N) is 2. The van der Waals surface area contributed by atoms with E-state index in [0.717, 1.165) is 11.5 Å². The van der Waals surface area contributed by atoms with Gasteiger partial charge in [0.2, 0.25) is 5.91 Å². The summed E-state index contributed by atoms with van der Waals surface area (Å²) >= 11 is 1.01. The van der Waals surface area contributed by atoms with Crippen molar-refractivity contribution >= 4 is 23.3 Å². The first-order valence-electron chi connectivity index (χ1n) is 5.81. The fraction of sp³-hybridized carbons (Fsp3) is 0.636. The van der Waals surface area contributed by atoms with Crippen molar-refractivity contribution in [3.63, 3.8) is 0 Å². The second-order valence-electron chi connectivity index (χ2n) is 4.58. The van der Waals surface area contributed by atoms with Crippen LogP contribution >= 0.6 is 11.5 Å². The Bertz CT molecular complexity index is 428. The lowest BCUT2D eigenvalue weighted by atomic mass is 10.2. The molecule has 0 fully saturated rings. The Hall–Kier alpha value is -1.50. The Morgan fingerprint density at radius 1 is 1.17 bits per heavy atom. The summed E-state index contributed by atoms with van der Waals surface area (Å²) in [7, 11) is 0. The van der Waals surface area contributed by atoms with Gasteiger partial charge in [-0.25, -0.2) is 0 Å². The number of amides is 2. The largest absolute Gasteiger partial charge is 0.354 e. The highest BCUT2D eigenvalue weighted by Gasteiger charge is 2.19. The molecule has 2 amide bonds. The Morgan fingerprint density at radius 2 is 1.78 bits per heavy atom. The maximum absolute atomic E-state index is 11.8. The van der Waals surface area contributed by atoms with Gasteiger partial charge >= 0.3 is 0 Å². The number of aromatic nitrogens is 2. The van der Waals surface area contributed by atoms with Gasteiger partial charge in [0.15, 0.2) is 0 Å². The Balaban J connectivity index is 2.71. The molecule has 18 heavy (non-hydrogen) atoms. The van der Waals surface area contributed by atoms with Crippen molar-refractivity contribution in [2.45, 2.75) is 46.2 Å². The molecule has 0 saturated heterocycles. The fourth-order valence-corrected chi connectivity index (χ4v) is 1.93. The summed E-state index contributed by atoms with van der Waals surface area (Å²) in [6, 6.07) is 0.106. The first kappa shape index (κ1) is 14.6. The predicted molar refractivity (Wildman–Crippen MR) is 69.5 cm³/mol. The van der Waals surface area contributed by atoms with Crippen molar-refractivity contribution in [1.82, 2.24) is 20.2 Å². The van der Waals surface area contributed by atoms with E-state index in [1.165, 1.54) is 0 Å². The lowest BCUT2D eigenvalue weighted by molar-refractivity contribution is -0.120. The van der Waals surface area contributed by atoms with E-state index >= 15 is 0 Å². The second kappa shape index (κ2) is 6.44. The van der Waals surface area contributed by atoms with Gasteiger partial charge < -0.3 is 10.6 Å². The summed E-state index contributed by atoms with van der Waals surface area (Å²) in [4.78, 5) is 23.8. The SMILES string of the molecule is CC(C)NC(=O)Cc1nnsc1C(=O)NC(C)C. The summed E-state index contributed by atoms with van der Waals surface area (Å²) in [5, 5.41) is 9.35. The quantitative estimate of drug-likeness (QED) is 0.826. The standard InChI is InChI=1S/C11H18N4O2S/c1-6(2)12-9(16)5-8-10(18-15-14-8)11(17)13-7(3)4/h6-7H,5H2,1-4H3,(H,12,16)(H,13,17). The average molecular weight is 270 g/mol. The Labute approximate surface area is 110 Å². The maximum Gasteiger partial charge on any atom is 0.265 e. The molecule has 0 aliphatic rings. The molecular weight excluding hydrogens is 252 g/mol. The van der Waals surface area contributed by atoms with Gasteiger partial charge in [-0.15, -0.1) is 5.10 Å². The minimum atomic E-state index is -0.229. The summed E-state index contributed by atoms with van der Waals surface area (Å²) in [6.45, 7) is 7.50. The van der Waals surface area contributed by atoms with Gasteiger partial charge in [-0.3, -0.25) is 9.59 Å². The number of nitrogens with zero attached hydrogens (tertiary/aromatic N) is 2. The number of hydrogen-bond acceptors (Lipinski definition) is 5. The van der Waals surface area contributed by atoms with Crippen LogP contribution < -0.4 is 10.6 Å². The molecule has 7 heteroatoms. The zero-order valence-electron chi connectivity index (χ0n) is 11.0. The average Bonchev–Trinajstić information content (AvgIpc) is 2.62. The van der Waals surface area contributed by atoms with E-state index in [1.807, 2.05) is 27.7 Å². The summed E-state index contributed by atoms with van der Waals surface area (Å²) in [5.41, 5.74) is 0.427. The van der Waals surface area contributed by atoms with Crippen molar-refractivity contribution in [2.24, 2.45) is 0 Å². The molecule has 0 saturated carbocycles. The third kappa shape index (κ3) is 4.40. The lowest BCUT2D eigenvalue weighted by Gasteiger charge is -2.09. The van der Waals surface area contributed by atoms with Gasteiger partial charge in [-0.1, -0.05) is 4.49 Å². The van der Waals surface area contributed by atoms with Gasteiger partial charge in [0, 0.05) is 12.1 Å². The van der Waals surface area contributed by atoms with Crippen molar-refractivity contribution < 1.29 is 9.59 Å². The monoisotopic (exact) mass is 270 g/mol. The summed E-state index contributed by atoms with van der Waals surface area (Å²) in [6.07, 6.45) is 0.0789. The molecule has 0 unspecified atom stereocenters. The molecule has 0 bridgehead atoms. The molecular formula is C11H18N4O2S. The third-order valence-corrected chi connectivity index (χ3v) is 2.73. The highest BCUT2D eigenvalue weighted by atomic mass is 32.1. The van der Waals surface area contributed by atoms with Gasteiger partial charge in [0.05, 0.1) is 12.1 Å². The van der Waals surface area contributed by atoms with E-state index in [9.17, 15) is 9.59 Å². The predicted octanol–water partition coefficient (Wildman–Crippen LogP) is 0.743. The molecule has 0 radical (unpaired) electrons. The van der Waals surface area contributed by atoms with Crippen LogP contribution in [0.5, 0.6) is 0 Å². The van der Waals surface area contributed by atoms with Crippen LogP contribution in [-0.4, -0.2) is 33.5 Å². The molecule has 1 aromatic heterocycles. The van der Waals surface area contributed by atoms with E-state index < -0.39 is 0 Å². The van der Waals surface area contributed by atoms with Gasteiger partial charge in [0.25, 0.3) is 5.91 Å². The fourth-order valence-electron chi connectivity index (χ4n) is 1.35. The van der Waals surface area contributed by atoms with E-state index in [2.05, 4.69) is 20.2 Å².